The van der Waals surface area contributed by atoms with Crippen LogP contribution in [0.15, 0.2) is 48.2 Å². The van der Waals surface area contributed by atoms with E-state index < -0.39 is 0 Å². The summed E-state index contributed by atoms with van der Waals surface area (Å²) >= 11 is 0. The van der Waals surface area contributed by atoms with Crippen molar-refractivity contribution in [3.63, 3.8) is 0 Å². The zero-order valence-corrected chi connectivity index (χ0v) is 20.0. The Morgan fingerprint density at radius 3 is 2.37 bits per heavy atom. The lowest BCUT2D eigenvalue weighted by atomic mass is 9.65. The Hall–Kier alpha value is -2.29. The SMILES string of the molecule is CC=C1C2N(c3ccc(C(C)(C)C)cc3C1(CC)CC)c1ncccc1N2C(C)C. The van der Waals surface area contributed by atoms with E-state index in [1.165, 1.54) is 28.1 Å². The van der Waals surface area contributed by atoms with E-state index in [-0.39, 0.29) is 17.0 Å². The van der Waals surface area contributed by atoms with Crippen LogP contribution in [-0.4, -0.2) is 17.2 Å². The van der Waals surface area contributed by atoms with Crippen molar-refractivity contribution in [1.82, 2.24) is 4.98 Å². The summed E-state index contributed by atoms with van der Waals surface area (Å²) in [4.78, 5) is 9.94. The molecule has 1 unspecified atom stereocenters. The van der Waals surface area contributed by atoms with Crippen LogP contribution >= 0.6 is 0 Å². The van der Waals surface area contributed by atoms with Gasteiger partial charge in [0.1, 0.15) is 6.17 Å². The van der Waals surface area contributed by atoms with E-state index in [0.717, 1.165) is 18.7 Å². The fourth-order valence-electron chi connectivity index (χ4n) is 5.71. The highest BCUT2D eigenvalue weighted by molar-refractivity contribution is 5.87. The van der Waals surface area contributed by atoms with Crippen molar-refractivity contribution in [2.24, 2.45) is 0 Å². The Balaban J connectivity index is 2.07. The van der Waals surface area contributed by atoms with Gasteiger partial charge in [-0.2, -0.15) is 0 Å². The van der Waals surface area contributed by atoms with E-state index >= 15 is 0 Å². The second-order valence-electron chi connectivity index (χ2n) is 10.1. The highest BCUT2D eigenvalue weighted by Gasteiger charge is 2.52. The molecule has 3 heterocycles. The van der Waals surface area contributed by atoms with Crippen LogP contribution in [0.1, 0.15) is 79.4 Å². The van der Waals surface area contributed by atoms with Gasteiger partial charge in [-0.3, -0.25) is 4.90 Å². The third-order valence-corrected chi connectivity index (χ3v) is 7.32. The standard InChI is InChI=1S/C27H37N3/c1-9-20-25-29(18(4)5)23-13-12-16-28-24(23)30(25)22-15-14-19(26(6,7)8)17-21(22)27(20,10-2)11-3/h9,12-18,25H,10-11H2,1-8H3. The van der Waals surface area contributed by atoms with E-state index in [0.29, 0.717) is 6.04 Å². The summed E-state index contributed by atoms with van der Waals surface area (Å²) in [6, 6.07) is 11.9. The number of aromatic nitrogens is 1. The molecular weight excluding hydrogens is 366 g/mol. The van der Waals surface area contributed by atoms with E-state index in [1.54, 1.807) is 0 Å². The molecule has 3 nitrogen and oxygen atoms in total. The molecule has 0 bridgehead atoms. The number of benzene rings is 1. The molecule has 0 radical (unpaired) electrons. The molecule has 0 saturated heterocycles. The van der Waals surface area contributed by atoms with Crippen LogP contribution in [0, 0.1) is 0 Å². The van der Waals surface area contributed by atoms with Gasteiger partial charge < -0.3 is 4.90 Å². The third-order valence-electron chi connectivity index (χ3n) is 7.32. The smallest absolute Gasteiger partial charge is 0.158 e. The minimum absolute atomic E-state index is 0.0433. The first-order valence-electron chi connectivity index (χ1n) is 11.6. The average molecular weight is 404 g/mol. The maximum Gasteiger partial charge on any atom is 0.158 e. The van der Waals surface area contributed by atoms with Crippen molar-refractivity contribution in [3.05, 3.63) is 59.3 Å². The largest absolute Gasteiger partial charge is 0.342 e. The van der Waals surface area contributed by atoms with Crippen molar-refractivity contribution >= 4 is 17.2 Å². The fourth-order valence-corrected chi connectivity index (χ4v) is 5.71. The summed E-state index contributed by atoms with van der Waals surface area (Å²) < 4.78 is 0. The van der Waals surface area contributed by atoms with Crippen LogP contribution < -0.4 is 9.80 Å². The van der Waals surface area contributed by atoms with E-state index in [9.17, 15) is 0 Å². The molecule has 3 heteroatoms. The predicted molar refractivity (Wildman–Crippen MR) is 129 cm³/mol. The van der Waals surface area contributed by atoms with Gasteiger partial charge in [-0.15, -0.1) is 0 Å². The molecule has 1 aromatic carbocycles. The molecule has 2 aliphatic rings. The number of fused-ring (bicyclic) bond motifs is 5. The molecule has 30 heavy (non-hydrogen) atoms. The Bertz CT molecular complexity index is 976. The fraction of sp³-hybridized carbons (Fsp3) is 0.519. The van der Waals surface area contributed by atoms with Crippen LogP contribution in [0.3, 0.4) is 0 Å². The Kier molecular flexibility index (Phi) is 4.99. The molecule has 0 spiro atoms. The zero-order valence-electron chi connectivity index (χ0n) is 20.0. The van der Waals surface area contributed by atoms with Gasteiger partial charge >= 0.3 is 0 Å². The van der Waals surface area contributed by atoms with Gasteiger partial charge in [0.2, 0.25) is 0 Å². The summed E-state index contributed by atoms with van der Waals surface area (Å²) in [5, 5.41) is 0. The van der Waals surface area contributed by atoms with E-state index in [4.69, 9.17) is 4.98 Å². The van der Waals surface area contributed by atoms with Gasteiger partial charge in [-0.25, -0.2) is 4.98 Å². The lowest BCUT2D eigenvalue weighted by molar-refractivity contribution is 0.409. The molecule has 1 atom stereocenters. The first-order valence-corrected chi connectivity index (χ1v) is 11.6. The maximum absolute atomic E-state index is 4.87. The van der Waals surface area contributed by atoms with Crippen LogP contribution in [-0.2, 0) is 10.8 Å². The first kappa shape index (κ1) is 21.0. The molecule has 0 N–H and O–H groups in total. The number of hydrogen-bond donors (Lipinski definition) is 0. The monoisotopic (exact) mass is 403 g/mol. The van der Waals surface area contributed by atoms with Crippen LogP contribution in [0.4, 0.5) is 17.2 Å². The summed E-state index contributed by atoms with van der Waals surface area (Å²) in [6.07, 6.45) is 6.71. The number of hydrogen-bond acceptors (Lipinski definition) is 3. The van der Waals surface area contributed by atoms with Crippen LogP contribution in [0.25, 0.3) is 0 Å². The number of rotatable bonds is 3. The highest BCUT2D eigenvalue weighted by Crippen LogP contribution is 2.58. The average Bonchev–Trinajstić information content (AvgIpc) is 3.06. The van der Waals surface area contributed by atoms with Gasteiger partial charge in [0.15, 0.2) is 5.82 Å². The topological polar surface area (TPSA) is 19.4 Å². The Morgan fingerprint density at radius 2 is 1.80 bits per heavy atom. The van der Waals surface area contributed by atoms with Crippen molar-refractivity contribution in [1.29, 1.82) is 0 Å². The summed E-state index contributed by atoms with van der Waals surface area (Å²) in [6.45, 7) is 18.5. The van der Waals surface area contributed by atoms with Gasteiger partial charge in [-0.05, 0) is 73.9 Å². The molecular formula is C27H37N3. The quantitative estimate of drug-likeness (QED) is 0.510. The van der Waals surface area contributed by atoms with Gasteiger partial charge in [-0.1, -0.05) is 52.8 Å². The Morgan fingerprint density at radius 1 is 1.10 bits per heavy atom. The summed E-state index contributed by atoms with van der Waals surface area (Å²) in [7, 11) is 0. The molecule has 2 aromatic rings. The van der Waals surface area contributed by atoms with Gasteiger partial charge in [0.05, 0.1) is 5.69 Å². The second-order valence-corrected chi connectivity index (χ2v) is 10.1. The highest BCUT2D eigenvalue weighted by atomic mass is 15.5. The van der Waals surface area contributed by atoms with Crippen molar-refractivity contribution in [2.45, 2.75) is 91.3 Å². The Labute approximate surface area is 182 Å². The molecule has 160 valence electrons. The molecule has 1 aromatic heterocycles. The summed E-state index contributed by atoms with van der Waals surface area (Å²) in [5.74, 6) is 1.08. The first-order chi connectivity index (χ1) is 14.2. The molecule has 4 rings (SSSR count). The molecule has 0 fully saturated rings. The van der Waals surface area contributed by atoms with E-state index in [2.05, 4.69) is 102 Å². The maximum atomic E-state index is 4.87. The predicted octanol–water partition coefficient (Wildman–Crippen LogP) is 7.09. The normalized spacial score (nSPS) is 21.1. The minimum atomic E-state index is 0.0433. The van der Waals surface area contributed by atoms with Crippen molar-refractivity contribution in [2.75, 3.05) is 9.80 Å². The van der Waals surface area contributed by atoms with Crippen molar-refractivity contribution in [3.8, 4) is 0 Å². The molecule has 0 amide bonds. The number of allylic oxidation sites excluding steroid dienone is 1. The number of nitrogens with zero attached hydrogens (tertiary/aromatic N) is 3. The molecule has 0 aliphatic carbocycles. The van der Waals surface area contributed by atoms with E-state index in [1.807, 2.05) is 6.20 Å². The van der Waals surface area contributed by atoms with Crippen LogP contribution in [0.2, 0.25) is 0 Å². The number of anilines is 3. The lowest BCUT2D eigenvalue weighted by Crippen LogP contribution is -2.54. The molecule has 0 saturated carbocycles. The molecule has 2 aliphatic heterocycles. The lowest BCUT2D eigenvalue weighted by Gasteiger charge is -2.51. The van der Waals surface area contributed by atoms with Crippen molar-refractivity contribution < 1.29 is 0 Å². The van der Waals surface area contributed by atoms with Crippen LogP contribution in [0.5, 0.6) is 0 Å². The zero-order chi connectivity index (χ0) is 21.8. The number of pyridine rings is 1. The summed E-state index contributed by atoms with van der Waals surface area (Å²) in [5.41, 5.74) is 7.12. The van der Waals surface area contributed by atoms with Gasteiger partial charge in [0.25, 0.3) is 0 Å². The third kappa shape index (κ3) is 2.74. The minimum Gasteiger partial charge on any atom is -0.342 e. The van der Waals surface area contributed by atoms with Gasteiger partial charge in [0, 0.05) is 23.3 Å². The second kappa shape index (κ2) is 7.14.